The van der Waals surface area contributed by atoms with Crippen molar-refractivity contribution in [1.29, 1.82) is 0 Å². The average Bonchev–Trinajstić information content (AvgIpc) is 2.82. The van der Waals surface area contributed by atoms with Crippen LogP contribution in [-0.4, -0.2) is 11.6 Å². The molecule has 1 heterocycles. The van der Waals surface area contributed by atoms with Crippen molar-refractivity contribution in [3.8, 4) is 5.75 Å². The monoisotopic (exact) mass is 321 g/mol. The highest BCUT2D eigenvalue weighted by Crippen LogP contribution is 2.26. The molecule has 96 valence electrons. The molecule has 2 rings (SSSR count). The normalized spacial score (nSPS) is 10.6. The van der Waals surface area contributed by atoms with E-state index >= 15 is 0 Å². The quantitative estimate of drug-likeness (QED) is 0.737. The summed E-state index contributed by atoms with van der Waals surface area (Å²) in [7, 11) is 0. The van der Waals surface area contributed by atoms with Gasteiger partial charge in [0, 0.05) is 17.9 Å². The molecular formula is C12H10Cl3NOS. The zero-order valence-electron chi connectivity index (χ0n) is 9.33. The number of hydrogen-bond donors (Lipinski definition) is 0. The van der Waals surface area contributed by atoms with Gasteiger partial charge < -0.3 is 4.74 Å². The molecule has 0 saturated carbocycles. The molecule has 0 bridgehead atoms. The first-order valence-corrected chi connectivity index (χ1v) is 7.43. The second kappa shape index (κ2) is 6.62. The van der Waals surface area contributed by atoms with Gasteiger partial charge in [0.05, 0.1) is 33.2 Å². The Balaban J connectivity index is 1.86. The largest absolute Gasteiger partial charge is 0.493 e. The Morgan fingerprint density at radius 2 is 2.06 bits per heavy atom. The summed E-state index contributed by atoms with van der Waals surface area (Å²) < 4.78 is 5.58. The van der Waals surface area contributed by atoms with Gasteiger partial charge in [0.1, 0.15) is 5.75 Å². The minimum Gasteiger partial charge on any atom is -0.493 e. The summed E-state index contributed by atoms with van der Waals surface area (Å²) in [6, 6.07) is 5.21. The molecule has 0 aliphatic rings. The van der Waals surface area contributed by atoms with Gasteiger partial charge >= 0.3 is 0 Å². The highest BCUT2D eigenvalue weighted by Gasteiger charge is 2.03. The Labute approximate surface area is 124 Å². The molecule has 0 amide bonds. The van der Waals surface area contributed by atoms with Crippen molar-refractivity contribution < 1.29 is 4.74 Å². The second-order valence-corrected chi connectivity index (χ2v) is 5.56. The molecule has 0 N–H and O–H groups in total. The average molecular weight is 323 g/mol. The molecule has 18 heavy (non-hydrogen) atoms. The standard InChI is InChI=1S/C12H10Cl3NOS/c13-6-8-7-18-12(16-8)3-4-17-9-1-2-10(14)11(15)5-9/h1-2,5,7H,3-4,6H2. The maximum Gasteiger partial charge on any atom is 0.120 e. The highest BCUT2D eigenvalue weighted by molar-refractivity contribution is 7.09. The van der Waals surface area contributed by atoms with Gasteiger partial charge in [-0.1, -0.05) is 23.2 Å². The zero-order valence-corrected chi connectivity index (χ0v) is 12.4. The minimum atomic E-state index is 0.449. The molecule has 0 aliphatic carbocycles. The number of ether oxygens (including phenoxy) is 1. The predicted octanol–water partition coefficient (Wildman–Crippen LogP) is 4.81. The maximum atomic E-state index is 5.89. The fourth-order valence-corrected chi connectivity index (χ4v) is 2.64. The van der Waals surface area contributed by atoms with Crippen molar-refractivity contribution >= 4 is 46.1 Å². The number of nitrogens with zero attached hydrogens (tertiary/aromatic N) is 1. The lowest BCUT2D eigenvalue weighted by Gasteiger charge is -2.05. The molecule has 0 unspecified atom stereocenters. The van der Waals surface area contributed by atoms with E-state index in [2.05, 4.69) is 4.98 Å². The maximum absolute atomic E-state index is 5.89. The number of alkyl halides is 1. The van der Waals surface area contributed by atoms with Crippen LogP contribution < -0.4 is 4.74 Å². The van der Waals surface area contributed by atoms with E-state index < -0.39 is 0 Å². The Kier molecular flexibility index (Phi) is 5.13. The van der Waals surface area contributed by atoms with E-state index in [0.717, 1.165) is 17.1 Å². The van der Waals surface area contributed by atoms with Gasteiger partial charge in [0.25, 0.3) is 0 Å². The van der Waals surface area contributed by atoms with E-state index in [4.69, 9.17) is 39.5 Å². The number of thiazole rings is 1. The van der Waals surface area contributed by atoms with Crippen LogP contribution in [0.3, 0.4) is 0 Å². The fraction of sp³-hybridized carbons (Fsp3) is 0.250. The number of benzene rings is 1. The lowest BCUT2D eigenvalue weighted by molar-refractivity contribution is 0.322. The molecule has 1 aromatic heterocycles. The Bertz CT molecular complexity index is 530. The molecule has 1 aromatic carbocycles. The number of aromatic nitrogens is 1. The predicted molar refractivity (Wildman–Crippen MR) is 77.3 cm³/mol. The molecule has 0 fully saturated rings. The third-order valence-electron chi connectivity index (χ3n) is 2.21. The van der Waals surface area contributed by atoms with Crippen molar-refractivity contribution in [1.82, 2.24) is 4.98 Å². The van der Waals surface area contributed by atoms with Crippen LogP contribution in [0, 0.1) is 0 Å². The van der Waals surface area contributed by atoms with Crippen molar-refractivity contribution in [3.63, 3.8) is 0 Å². The lowest BCUT2D eigenvalue weighted by atomic mass is 10.3. The smallest absolute Gasteiger partial charge is 0.120 e. The van der Waals surface area contributed by atoms with E-state index in [1.165, 1.54) is 0 Å². The van der Waals surface area contributed by atoms with Crippen LogP contribution in [0.2, 0.25) is 10.0 Å². The molecule has 0 radical (unpaired) electrons. The summed E-state index contributed by atoms with van der Waals surface area (Å²) in [6.45, 7) is 0.549. The highest BCUT2D eigenvalue weighted by atomic mass is 35.5. The molecule has 0 saturated heterocycles. The van der Waals surface area contributed by atoms with E-state index in [1.807, 2.05) is 5.38 Å². The van der Waals surface area contributed by atoms with Crippen LogP contribution in [0.15, 0.2) is 23.6 Å². The van der Waals surface area contributed by atoms with E-state index in [-0.39, 0.29) is 0 Å². The SMILES string of the molecule is ClCc1csc(CCOc2ccc(Cl)c(Cl)c2)n1. The molecule has 0 spiro atoms. The third-order valence-corrected chi connectivity index (χ3v) is 4.18. The molecular weight excluding hydrogens is 313 g/mol. The van der Waals surface area contributed by atoms with Crippen LogP contribution in [0.25, 0.3) is 0 Å². The van der Waals surface area contributed by atoms with Crippen molar-refractivity contribution in [2.45, 2.75) is 12.3 Å². The van der Waals surface area contributed by atoms with Crippen LogP contribution in [0.1, 0.15) is 10.7 Å². The van der Waals surface area contributed by atoms with Crippen molar-refractivity contribution in [2.75, 3.05) is 6.61 Å². The number of rotatable bonds is 5. The van der Waals surface area contributed by atoms with Crippen LogP contribution >= 0.6 is 46.1 Å². The van der Waals surface area contributed by atoms with Crippen LogP contribution in [0.5, 0.6) is 5.75 Å². The Hall–Kier alpha value is -0.480. The first-order chi connectivity index (χ1) is 8.69. The Morgan fingerprint density at radius 3 is 2.72 bits per heavy atom. The van der Waals surface area contributed by atoms with Gasteiger partial charge in [-0.05, 0) is 12.1 Å². The first kappa shape index (κ1) is 13.9. The third kappa shape index (κ3) is 3.75. The van der Waals surface area contributed by atoms with Crippen molar-refractivity contribution in [3.05, 3.63) is 44.3 Å². The summed E-state index contributed by atoms with van der Waals surface area (Å²) in [5, 5.41) is 4.00. The van der Waals surface area contributed by atoms with Gasteiger partial charge in [-0.25, -0.2) is 4.98 Å². The summed E-state index contributed by atoms with van der Waals surface area (Å²) in [4.78, 5) is 4.35. The topological polar surface area (TPSA) is 22.1 Å². The zero-order chi connectivity index (χ0) is 13.0. The Morgan fingerprint density at radius 1 is 1.22 bits per heavy atom. The molecule has 2 aromatic rings. The summed E-state index contributed by atoms with van der Waals surface area (Å²) >= 11 is 19.0. The van der Waals surface area contributed by atoms with Gasteiger partial charge in [-0.3, -0.25) is 0 Å². The number of hydrogen-bond acceptors (Lipinski definition) is 3. The van der Waals surface area contributed by atoms with Gasteiger partial charge in [0.15, 0.2) is 0 Å². The van der Waals surface area contributed by atoms with E-state index in [0.29, 0.717) is 28.3 Å². The second-order valence-electron chi connectivity index (χ2n) is 3.54. The van der Waals surface area contributed by atoms with E-state index in [1.54, 1.807) is 29.5 Å². The summed E-state index contributed by atoms with van der Waals surface area (Å²) in [5.74, 6) is 1.16. The molecule has 2 nitrogen and oxygen atoms in total. The van der Waals surface area contributed by atoms with Gasteiger partial charge in [-0.15, -0.1) is 22.9 Å². The van der Waals surface area contributed by atoms with E-state index in [9.17, 15) is 0 Å². The van der Waals surface area contributed by atoms with Crippen molar-refractivity contribution in [2.24, 2.45) is 0 Å². The summed E-state index contributed by atoms with van der Waals surface area (Å²) in [5.41, 5.74) is 0.909. The van der Waals surface area contributed by atoms with Gasteiger partial charge in [0.2, 0.25) is 0 Å². The first-order valence-electron chi connectivity index (χ1n) is 5.26. The lowest BCUT2D eigenvalue weighted by Crippen LogP contribution is -2.01. The molecule has 0 atom stereocenters. The molecule has 6 heteroatoms. The summed E-state index contributed by atoms with van der Waals surface area (Å²) in [6.07, 6.45) is 0.752. The molecule has 0 aliphatic heterocycles. The fourth-order valence-electron chi connectivity index (χ4n) is 1.35. The van der Waals surface area contributed by atoms with Gasteiger partial charge in [-0.2, -0.15) is 0 Å². The number of halogens is 3. The minimum absolute atomic E-state index is 0.449. The van der Waals surface area contributed by atoms with Crippen LogP contribution in [-0.2, 0) is 12.3 Å². The van der Waals surface area contributed by atoms with Crippen LogP contribution in [0.4, 0.5) is 0 Å².